The molecule has 0 amide bonds. The Morgan fingerprint density at radius 1 is 1.44 bits per heavy atom. The summed E-state index contributed by atoms with van der Waals surface area (Å²) >= 11 is 0. The third kappa shape index (κ3) is 3.68. The molecule has 1 fully saturated rings. The number of nitrogens with zero attached hydrogens (tertiary/aromatic N) is 2. The number of aliphatic hydroxyl groups is 1. The molecule has 0 radical (unpaired) electrons. The fourth-order valence-electron chi connectivity index (χ4n) is 1.30. The number of rotatable bonds is 2. The van der Waals surface area contributed by atoms with E-state index in [-0.39, 0.29) is 11.7 Å². The van der Waals surface area contributed by atoms with E-state index < -0.39 is 12.0 Å². The van der Waals surface area contributed by atoms with Crippen molar-refractivity contribution in [3.63, 3.8) is 0 Å². The largest absolute Gasteiger partial charge is 0.476 e. The Hall–Kier alpha value is -1.32. The van der Waals surface area contributed by atoms with Crippen LogP contribution >= 0.6 is 0 Å². The number of diazo groups is 1. The predicted octanol–water partition coefficient (Wildman–Crippen LogP) is 2.00. The monoisotopic (exact) mass is 229 g/mol. The molecule has 6 nitrogen and oxygen atoms in total. The maximum atomic E-state index is 9.10. The number of ether oxygens (including phenoxy) is 3. The van der Waals surface area contributed by atoms with E-state index in [2.05, 4.69) is 4.98 Å². The summed E-state index contributed by atoms with van der Waals surface area (Å²) in [5.74, 6) is -0.464. The molecule has 0 spiro atoms. The predicted molar refractivity (Wildman–Crippen MR) is 55.8 cm³/mol. The van der Waals surface area contributed by atoms with E-state index >= 15 is 0 Å². The molecule has 6 heteroatoms. The quantitative estimate of drug-likeness (QED) is 0.579. The van der Waals surface area contributed by atoms with Crippen molar-refractivity contribution in [3.8, 4) is 0 Å². The van der Waals surface area contributed by atoms with Crippen LogP contribution in [0.15, 0.2) is 12.1 Å². The van der Waals surface area contributed by atoms with Crippen molar-refractivity contribution in [2.45, 2.75) is 33.2 Å². The van der Waals surface area contributed by atoms with Gasteiger partial charge < -0.3 is 19.3 Å². The van der Waals surface area contributed by atoms with Crippen LogP contribution in [0.4, 0.5) is 0 Å². The summed E-state index contributed by atoms with van der Waals surface area (Å²) in [4.78, 5) is 2.64. The summed E-state index contributed by atoms with van der Waals surface area (Å²) in [6.45, 7) is 6.69. The highest BCUT2D eigenvalue weighted by Crippen LogP contribution is 2.26. The maximum Gasteiger partial charge on any atom is 0.429 e. The van der Waals surface area contributed by atoms with Crippen LogP contribution in [0.1, 0.15) is 20.8 Å². The van der Waals surface area contributed by atoms with Gasteiger partial charge in [0.25, 0.3) is 0 Å². The molecule has 0 aliphatic carbocycles. The molecule has 1 aliphatic heterocycles. The first kappa shape index (κ1) is 12.7. The van der Waals surface area contributed by atoms with Crippen molar-refractivity contribution in [1.82, 2.24) is 0 Å². The Morgan fingerprint density at radius 3 is 2.44 bits per heavy atom. The Labute approximate surface area is 94.4 Å². The molecule has 0 aromatic rings. The molecule has 0 unspecified atom stereocenters. The lowest BCUT2D eigenvalue weighted by Gasteiger charge is -2.36. The molecule has 90 valence electrons. The fraction of sp³-hybridized carbons (Fsp3) is 0.800. The van der Waals surface area contributed by atoms with Crippen molar-refractivity contribution >= 4 is 0 Å². The average molecular weight is 229 g/mol. The molecule has 1 heterocycles. The molecule has 1 saturated heterocycles. The standard InChI is InChI=1S/C10H16N2O4/c1-10(2,3)9-14-5-7(6-15-9)16-8(13)4-12-11/h4,7,9H,5-6H2,1-3H3/p+1/b8-4+. The molecule has 1 rings (SSSR count). The van der Waals surface area contributed by atoms with Gasteiger partial charge in [-0.25, -0.2) is 0 Å². The molecule has 0 atom stereocenters. The Balaban J connectivity index is 2.39. The molecule has 1 aliphatic rings. The molecular formula is C10H17N2O4+. The lowest BCUT2D eigenvalue weighted by atomic mass is 9.95. The van der Waals surface area contributed by atoms with Gasteiger partial charge in [0.1, 0.15) is 6.10 Å². The molecule has 0 aromatic carbocycles. The van der Waals surface area contributed by atoms with Gasteiger partial charge in [0.15, 0.2) is 11.3 Å². The molecule has 0 aromatic heterocycles. The van der Waals surface area contributed by atoms with Gasteiger partial charge in [-0.05, 0) is 0 Å². The van der Waals surface area contributed by atoms with Gasteiger partial charge >= 0.3 is 12.1 Å². The van der Waals surface area contributed by atoms with Crippen LogP contribution in [0.2, 0.25) is 0 Å². The molecule has 1 N–H and O–H groups in total. The van der Waals surface area contributed by atoms with Gasteiger partial charge in [-0.2, -0.15) is 0 Å². The van der Waals surface area contributed by atoms with Gasteiger partial charge in [0, 0.05) is 5.41 Å². The molecular weight excluding hydrogens is 212 g/mol. The Bertz CT molecular complexity index is 295. The average Bonchev–Trinajstić information content (AvgIpc) is 2.17. The van der Waals surface area contributed by atoms with Crippen LogP contribution in [0.25, 0.3) is 4.98 Å². The van der Waals surface area contributed by atoms with E-state index in [1.807, 2.05) is 20.8 Å². The highest BCUT2D eigenvalue weighted by molar-refractivity contribution is 4.89. The van der Waals surface area contributed by atoms with E-state index in [1.54, 1.807) is 0 Å². The summed E-state index contributed by atoms with van der Waals surface area (Å²) in [7, 11) is 0. The van der Waals surface area contributed by atoms with E-state index in [0.29, 0.717) is 13.2 Å². The zero-order valence-corrected chi connectivity index (χ0v) is 9.71. The molecule has 0 saturated carbocycles. The zero-order chi connectivity index (χ0) is 12.2. The summed E-state index contributed by atoms with van der Waals surface area (Å²) < 4.78 is 15.9. The number of hydrogen-bond acceptors (Lipinski definition) is 5. The topological polar surface area (TPSA) is 76.1 Å². The maximum absolute atomic E-state index is 9.10. The summed E-state index contributed by atoms with van der Waals surface area (Å²) in [6.07, 6.45) is 0.133. The van der Waals surface area contributed by atoms with Gasteiger partial charge in [0.05, 0.1) is 13.2 Å². The first-order valence-electron chi connectivity index (χ1n) is 5.06. The van der Waals surface area contributed by atoms with Crippen LogP contribution in [-0.4, -0.2) is 30.7 Å². The minimum Gasteiger partial charge on any atom is -0.476 e. The lowest BCUT2D eigenvalue weighted by molar-refractivity contribution is -0.259. The second-order valence-electron chi connectivity index (χ2n) is 4.69. The van der Waals surface area contributed by atoms with Crippen LogP contribution < -0.4 is 0 Å². The first-order chi connectivity index (χ1) is 7.43. The minimum absolute atomic E-state index is 0.0940. The smallest absolute Gasteiger partial charge is 0.429 e. The number of hydrogen-bond donors (Lipinski definition) is 1. The second kappa shape index (κ2) is 5.14. The van der Waals surface area contributed by atoms with Gasteiger partial charge in [0.2, 0.25) is 5.39 Å². The van der Waals surface area contributed by atoms with E-state index in [0.717, 1.165) is 6.20 Å². The van der Waals surface area contributed by atoms with Crippen LogP contribution in [0, 0.1) is 10.8 Å². The highest BCUT2D eigenvalue weighted by atomic mass is 16.7. The zero-order valence-electron chi connectivity index (χ0n) is 9.71. The van der Waals surface area contributed by atoms with E-state index in [9.17, 15) is 0 Å². The van der Waals surface area contributed by atoms with Gasteiger partial charge in [-0.15, -0.1) is 0 Å². The first-order valence-corrected chi connectivity index (χ1v) is 5.06. The second-order valence-corrected chi connectivity index (χ2v) is 4.69. The normalized spacial score (nSPS) is 27.2. The SMILES string of the molecule is CC(C)(C)C1OCC(O/C(O)=C/[N+]#N)CO1. The summed E-state index contributed by atoms with van der Waals surface area (Å²) in [6, 6.07) is 0. The Kier molecular flexibility index (Phi) is 4.10. The summed E-state index contributed by atoms with van der Waals surface area (Å²) in [5, 5.41) is 17.3. The van der Waals surface area contributed by atoms with Crippen LogP contribution in [-0.2, 0) is 14.2 Å². The number of aliphatic hydroxyl groups excluding tert-OH is 1. The van der Waals surface area contributed by atoms with E-state index in [1.165, 1.54) is 0 Å². The molecule has 0 bridgehead atoms. The fourth-order valence-corrected chi connectivity index (χ4v) is 1.30. The van der Waals surface area contributed by atoms with Crippen molar-refractivity contribution in [1.29, 1.82) is 5.39 Å². The van der Waals surface area contributed by atoms with Gasteiger partial charge in [-0.3, -0.25) is 0 Å². The third-order valence-electron chi connectivity index (χ3n) is 2.03. The lowest BCUT2D eigenvalue weighted by Crippen LogP contribution is -2.43. The van der Waals surface area contributed by atoms with Crippen molar-refractivity contribution < 1.29 is 19.3 Å². The van der Waals surface area contributed by atoms with Crippen molar-refractivity contribution in [2.75, 3.05) is 13.2 Å². The Morgan fingerprint density at radius 2 is 2.00 bits per heavy atom. The van der Waals surface area contributed by atoms with Crippen molar-refractivity contribution in [2.24, 2.45) is 5.41 Å². The third-order valence-corrected chi connectivity index (χ3v) is 2.03. The van der Waals surface area contributed by atoms with E-state index in [4.69, 9.17) is 24.7 Å². The van der Waals surface area contributed by atoms with Crippen molar-refractivity contribution in [3.05, 3.63) is 17.1 Å². The van der Waals surface area contributed by atoms with Gasteiger partial charge in [-0.1, -0.05) is 20.8 Å². The molecule has 16 heavy (non-hydrogen) atoms. The highest BCUT2D eigenvalue weighted by Gasteiger charge is 2.32. The van der Waals surface area contributed by atoms with Crippen LogP contribution in [0.3, 0.4) is 0 Å². The summed E-state index contributed by atoms with van der Waals surface area (Å²) in [5.41, 5.74) is -0.0940. The van der Waals surface area contributed by atoms with Crippen LogP contribution in [0.5, 0.6) is 0 Å². The minimum atomic E-state index is -0.464.